The van der Waals surface area contributed by atoms with Gasteiger partial charge in [0, 0.05) is 11.6 Å². The Morgan fingerprint density at radius 2 is 1.94 bits per heavy atom. The molecule has 3 aromatic rings. The number of amides is 1. The maximum Gasteiger partial charge on any atom is 0.335 e. The standard InChI is InChI=1S/C24H20ClN3O7/c1-34-21-11-16(13-26-27-22(29)12-17-6-2-3-8-20(17)28(32)33)10-19(25)23(21)35-14-15-5-4-7-18(9-15)24(30)31/h2-11,13H,12,14H2,1H3,(H,27,29)(H,30,31)/b26-13+. The van der Waals surface area contributed by atoms with Gasteiger partial charge in [-0.1, -0.05) is 41.9 Å². The zero-order valence-electron chi connectivity index (χ0n) is 18.4. The number of carboxylic acids is 1. The van der Waals surface area contributed by atoms with Gasteiger partial charge in [-0.2, -0.15) is 5.10 Å². The Kier molecular flexibility index (Phi) is 8.36. The van der Waals surface area contributed by atoms with Gasteiger partial charge in [0.25, 0.3) is 5.69 Å². The summed E-state index contributed by atoms with van der Waals surface area (Å²) in [5.41, 5.74) is 3.72. The number of nitro benzene ring substituents is 1. The van der Waals surface area contributed by atoms with Crippen LogP contribution in [-0.4, -0.2) is 35.2 Å². The minimum atomic E-state index is -1.04. The van der Waals surface area contributed by atoms with Gasteiger partial charge < -0.3 is 14.6 Å². The third-order valence-corrected chi connectivity index (χ3v) is 5.03. The van der Waals surface area contributed by atoms with E-state index in [1.165, 1.54) is 43.7 Å². The first-order chi connectivity index (χ1) is 16.8. The molecule has 3 aromatic carbocycles. The van der Waals surface area contributed by atoms with E-state index in [4.69, 9.17) is 26.2 Å². The summed E-state index contributed by atoms with van der Waals surface area (Å²) >= 11 is 6.35. The Morgan fingerprint density at radius 3 is 2.66 bits per heavy atom. The van der Waals surface area contributed by atoms with Crippen molar-refractivity contribution >= 4 is 35.4 Å². The molecule has 0 aromatic heterocycles. The third kappa shape index (κ3) is 6.78. The van der Waals surface area contributed by atoms with Crippen LogP contribution in [0.2, 0.25) is 5.02 Å². The Morgan fingerprint density at radius 1 is 1.17 bits per heavy atom. The fraction of sp³-hybridized carbons (Fsp3) is 0.125. The molecule has 1 amide bonds. The van der Waals surface area contributed by atoms with Gasteiger partial charge >= 0.3 is 5.97 Å². The molecule has 10 nitrogen and oxygen atoms in total. The van der Waals surface area contributed by atoms with Gasteiger partial charge in [0.05, 0.1) is 35.3 Å². The Hall–Kier alpha value is -4.44. The second kappa shape index (κ2) is 11.6. The van der Waals surface area contributed by atoms with Crippen molar-refractivity contribution in [1.82, 2.24) is 5.43 Å². The maximum absolute atomic E-state index is 12.2. The fourth-order valence-corrected chi connectivity index (χ4v) is 3.41. The molecule has 0 radical (unpaired) electrons. The quantitative estimate of drug-likeness (QED) is 0.242. The predicted molar refractivity (Wildman–Crippen MR) is 128 cm³/mol. The van der Waals surface area contributed by atoms with E-state index in [2.05, 4.69) is 10.5 Å². The van der Waals surface area contributed by atoms with E-state index < -0.39 is 16.8 Å². The number of nitro groups is 1. The molecule has 0 bridgehead atoms. The number of aromatic carboxylic acids is 1. The zero-order valence-corrected chi connectivity index (χ0v) is 19.2. The molecular weight excluding hydrogens is 478 g/mol. The average molecular weight is 498 g/mol. The van der Waals surface area contributed by atoms with E-state index in [9.17, 15) is 19.7 Å². The monoisotopic (exact) mass is 497 g/mol. The molecule has 0 aliphatic heterocycles. The normalized spacial score (nSPS) is 10.7. The second-order valence-electron chi connectivity index (χ2n) is 7.18. The van der Waals surface area contributed by atoms with Gasteiger partial charge in [-0.25, -0.2) is 10.2 Å². The summed E-state index contributed by atoms with van der Waals surface area (Å²) in [7, 11) is 1.43. The van der Waals surface area contributed by atoms with Crippen LogP contribution in [0.3, 0.4) is 0 Å². The molecule has 0 spiro atoms. The highest BCUT2D eigenvalue weighted by Crippen LogP contribution is 2.36. The molecule has 11 heteroatoms. The molecular formula is C24H20ClN3O7. The van der Waals surface area contributed by atoms with Crippen LogP contribution in [0.25, 0.3) is 0 Å². The summed E-state index contributed by atoms with van der Waals surface area (Å²) in [6.45, 7) is 0.0618. The number of halogens is 1. The van der Waals surface area contributed by atoms with Crippen molar-refractivity contribution in [2.45, 2.75) is 13.0 Å². The van der Waals surface area contributed by atoms with Gasteiger partial charge in [0.1, 0.15) is 6.61 Å². The lowest BCUT2D eigenvalue weighted by molar-refractivity contribution is -0.385. The molecule has 2 N–H and O–H groups in total. The first kappa shape index (κ1) is 25.2. The molecule has 0 heterocycles. The SMILES string of the molecule is COc1cc(/C=N/NC(=O)Cc2ccccc2[N+](=O)[O-])cc(Cl)c1OCc1cccc(C(=O)O)c1. The third-order valence-electron chi connectivity index (χ3n) is 4.75. The van der Waals surface area contributed by atoms with Crippen molar-refractivity contribution in [2.24, 2.45) is 5.10 Å². The van der Waals surface area contributed by atoms with Crippen LogP contribution in [0.1, 0.15) is 27.0 Å². The van der Waals surface area contributed by atoms with Gasteiger partial charge in [-0.3, -0.25) is 14.9 Å². The molecule has 0 unspecified atom stereocenters. The summed E-state index contributed by atoms with van der Waals surface area (Å²) in [5, 5.41) is 24.3. The van der Waals surface area contributed by atoms with E-state index in [1.807, 2.05) is 0 Å². The fourth-order valence-electron chi connectivity index (χ4n) is 3.13. The molecule has 180 valence electrons. The van der Waals surface area contributed by atoms with Crippen LogP contribution in [0.5, 0.6) is 11.5 Å². The van der Waals surface area contributed by atoms with Gasteiger partial charge in [-0.15, -0.1) is 0 Å². The number of hydrogen-bond donors (Lipinski definition) is 2. The molecule has 0 saturated heterocycles. The van der Waals surface area contributed by atoms with Crippen molar-refractivity contribution in [3.63, 3.8) is 0 Å². The Balaban J connectivity index is 1.66. The highest BCUT2D eigenvalue weighted by molar-refractivity contribution is 6.32. The van der Waals surface area contributed by atoms with Crippen LogP contribution < -0.4 is 14.9 Å². The number of hydrogen-bond acceptors (Lipinski definition) is 7. The summed E-state index contributed by atoms with van der Waals surface area (Å²) in [6.07, 6.45) is 1.13. The molecule has 0 fully saturated rings. The number of nitrogens with zero attached hydrogens (tertiary/aromatic N) is 2. The minimum Gasteiger partial charge on any atom is -0.493 e. The van der Waals surface area contributed by atoms with E-state index in [0.717, 1.165) is 0 Å². The topological polar surface area (TPSA) is 140 Å². The molecule has 0 aliphatic rings. The highest BCUT2D eigenvalue weighted by atomic mass is 35.5. The number of carboxylic acid groups (broad SMARTS) is 1. The van der Waals surface area contributed by atoms with Gasteiger partial charge in [-0.05, 0) is 35.4 Å². The number of carbonyl (C=O) groups excluding carboxylic acids is 1. The second-order valence-corrected chi connectivity index (χ2v) is 7.59. The summed E-state index contributed by atoms with van der Waals surface area (Å²) in [5.74, 6) is -1.01. The number of ether oxygens (including phenoxy) is 2. The Bertz CT molecular complexity index is 1290. The summed E-state index contributed by atoms with van der Waals surface area (Å²) in [4.78, 5) is 33.8. The van der Waals surface area contributed by atoms with Crippen LogP contribution >= 0.6 is 11.6 Å². The van der Waals surface area contributed by atoms with Crippen molar-refractivity contribution in [1.29, 1.82) is 0 Å². The lowest BCUT2D eigenvalue weighted by atomic mass is 10.1. The molecule has 35 heavy (non-hydrogen) atoms. The van der Waals surface area contributed by atoms with E-state index in [0.29, 0.717) is 16.9 Å². The lowest BCUT2D eigenvalue weighted by Gasteiger charge is -2.13. The summed E-state index contributed by atoms with van der Waals surface area (Å²) in [6, 6.07) is 15.4. The van der Waals surface area contributed by atoms with Crippen molar-refractivity contribution < 1.29 is 29.1 Å². The number of carbonyl (C=O) groups is 2. The molecule has 0 aliphatic carbocycles. The average Bonchev–Trinajstić information content (AvgIpc) is 2.83. The largest absolute Gasteiger partial charge is 0.493 e. The minimum absolute atomic E-state index is 0.0618. The van der Waals surface area contributed by atoms with Crippen LogP contribution in [0.4, 0.5) is 5.69 Å². The number of nitrogens with one attached hydrogen (secondary N) is 1. The van der Waals surface area contributed by atoms with Crippen LogP contribution in [0, 0.1) is 10.1 Å². The van der Waals surface area contributed by atoms with E-state index >= 15 is 0 Å². The first-order valence-corrected chi connectivity index (χ1v) is 10.5. The smallest absolute Gasteiger partial charge is 0.335 e. The number of benzene rings is 3. The maximum atomic E-state index is 12.2. The lowest BCUT2D eigenvalue weighted by Crippen LogP contribution is -2.20. The van der Waals surface area contributed by atoms with E-state index in [1.54, 1.807) is 30.3 Å². The van der Waals surface area contributed by atoms with Gasteiger partial charge in [0.2, 0.25) is 5.91 Å². The number of rotatable bonds is 10. The number of para-hydroxylation sites is 1. The number of hydrazone groups is 1. The highest BCUT2D eigenvalue weighted by Gasteiger charge is 2.15. The van der Waals surface area contributed by atoms with Crippen molar-refractivity contribution in [3.8, 4) is 11.5 Å². The zero-order chi connectivity index (χ0) is 25.4. The summed E-state index contributed by atoms with van der Waals surface area (Å²) < 4.78 is 11.1. The van der Waals surface area contributed by atoms with Gasteiger partial charge in [0.15, 0.2) is 11.5 Å². The Labute approximate surface area is 204 Å². The van der Waals surface area contributed by atoms with Crippen LogP contribution in [-0.2, 0) is 17.8 Å². The van der Waals surface area contributed by atoms with Crippen molar-refractivity contribution in [2.75, 3.05) is 7.11 Å². The predicted octanol–water partition coefficient (Wildman–Crippen LogP) is 4.23. The first-order valence-electron chi connectivity index (χ1n) is 10.1. The molecule has 0 saturated carbocycles. The molecule has 0 atom stereocenters. The molecule has 3 rings (SSSR count). The number of methoxy groups -OCH3 is 1. The van der Waals surface area contributed by atoms with E-state index in [-0.39, 0.29) is 40.6 Å². The van der Waals surface area contributed by atoms with Crippen LogP contribution in [0.15, 0.2) is 65.8 Å². The van der Waals surface area contributed by atoms with Crippen molar-refractivity contribution in [3.05, 3.63) is 98.1 Å².